The van der Waals surface area contributed by atoms with E-state index in [2.05, 4.69) is 24.8 Å². The number of carboxylic acids is 1. The predicted molar refractivity (Wildman–Crippen MR) is 131 cm³/mol. The molecule has 1 saturated heterocycles. The van der Waals surface area contributed by atoms with Gasteiger partial charge in [0.25, 0.3) is 11.8 Å². The number of hydrogen-bond donors (Lipinski definition) is 3. The third-order valence-corrected chi connectivity index (χ3v) is 7.34. The number of nitrogen functional groups attached to an aromatic ring is 1. The van der Waals surface area contributed by atoms with Crippen LogP contribution in [0, 0.1) is 0 Å². The zero-order chi connectivity index (χ0) is 24.9. The summed E-state index contributed by atoms with van der Waals surface area (Å²) in [5.41, 5.74) is 5.75. The smallest absolute Gasteiger partial charge is 0.352 e. The number of hydrogen-bond acceptors (Lipinski definition) is 12. The highest BCUT2D eigenvalue weighted by molar-refractivity contribution is 8.02. The zero-order valence-corrected chi connectivity index (χ0v) is 20.6. The van der Waals surface area contributed by atoms with Gasteiger partial charge >= 0.3 is 5.97 Å². The molecular formula is C20H19N7O5S3. The number of carboxylic acid groups (broad SMARTS) is 1. The number of nitrogens with zero attached hydrogens (tertiary/aromatic N) is 5. The number of carbonyl (C=O) groups is 3. The molecule has 0 spiro atoms. The number of aliphatic carboxylic acids is 1. The van der Waals surface area contributed by atoms with Gasteiger partial charge in [-0.2, -0.15) is 9.36 Å². The van der Waals surface area contributed by atoms with Gasteiger partial charge in [0.05, 0.1) is 0 Å². The van der Waals surface area contributed by atoms with Gasteiger partial charge in [-0.15, -0.1) is 11.8 Å². The van der Waals surface area contributed by atoms with E-state index in [1.807, 2.05) is 12.1 Å². The van der Waals surface area contributed by atoms with Crippen LogP contribution in [-0.2, 0) is 19.2 Å². The Bertz CT molecular complexity index is 1230. The highest BCUT2D eigenvalue weighted by atomic mass is 32.2. The fraction of sp³-hybridized carbons (Fsp3) is 0.250. The largest absolute Gasteiger partial charge is 0.477 e. The van der Waals surface area contributed by atoms with E-state index in [1.54, 1.807) is 30.7 Å². The molecule has 2 amide bonds. The van der Waals surface area contributed by atoms with E-state index < -0.39 is 29.2 Å². The molecule has 2 aromatic rings. The summed E-state index contributed by atoms with van der Waals surface area (Å²) in [7, 11) is 0. The molecule has 4 rings (SSSR count). The van der Waals surface area contributed by atoms with E-state index in [4.69, 9.17) is 10.6 Å². The van der Waals surface area contributed by atoms with Gasteiger partial charge in [-0.3, -0.25) is 14.5 Å². The quantitative estimate of drug-likeness (QED) is 0.183. The Morgan fingerprint density at radius 2 is 2.29 bits per heavy atom. The number of amides is 2. The van der Waals surface area contributed by atoms with Gasteiger partial charge < -0.3 is 21.0 Å². The summed E-state index contributed by atoms with van der Waals surface area (Å²) in [5.74, 6) is -2.18. The highest BCUT2D eigenvalue weighted by Gasteiger charge is 2.54. The van der Waals surface area contributed by atoms with Crippen LogP contribution in [0.4, 0.5) is 5.13 Å². The molecule has 1 fully saturated rings. The summed E-state index contributed by atoms with van der Waals surface area (Å²) < 4.78 is 3.97. The molecule has 0 saturated carbocycles. The topological polar surface area (TPSA) is 173 Å². The Hall–Kier alpha value is -3.43. The Balaban J connectivity index is 1.49. The molecular weight excluding hydrogens is 514 g/mol. The average Bonchev–Trinajstić information content (AvgIpc) is 3.28. The van der Waals surface area contributed by atoms with E-state index in [-0.39, 0.29) is 29.0 Å². The summed E-state index contributed by atoms with van der Waals surface area (Å²) in [6, 6.07) is 4.54. The van der Waals surface area contributed by atoms with Gasteiger partial charge in [-0.25, -0.2) is 9.78 Å². The lowest BCUT2D eigenvalue weighted by molar-refractivity contribution is -0.150. The van der Waals surface area contributed by atoms with Crippen LogP contribution in [0.1, 0.15) is 12.7 Å². The Morgan fingerprint density at radius 1 is 1.46 bits per heavy atom. The minimum atomic E-state index is -1.23. The minimum absolute atomic E-state index is 0.0256. The predicted octanol–water partition coefficient (Wildman–Crippen LogP) is 1.30. The molecule has 0 bridgehead atoms. The molecule has 0 radical (unpaired) electrons. The third-order valence-electron chi connectivity index (χ3n) is 4.74. The van der Waals surface area contributed by atoms with Gasteiger partial charge in [0, 0.05) is 23.5 Å². The molecule has 182 valence electrons. The van der Waals surface area contributed by atoms with Crippen LogP contribution in [0.25, 0.3) is 0 Å². The molecule has 0 aromatic carbocycles. The van der Waals surface area contributed by atoms with E-state index in [1.165, 1.54) is 28.4 Å². The Kier molecular flexibility index (Phi) is 7.67. The number of anilines is 1. The maximum absolute atomic E-state index is 12.9. The standard InChI is InChI=1S/C20H19N7O5S3/c1-2-32-25-12(15-24-20(21)35-26-15)16(28)23-13-17(29)27-14(19(30)31)10(9-34-18(13)27)6-8-33-11-5-3-4-7-22-11/h3-8,13,18H,2,9H2,1H3,(H,23,28)(H,30,31)(H2,21,24,26)/b8-6+,25-12-/t13?,18-/m1/s1. The first-order chi connectivity index (χ1) is 16.9. The number of aromatic nitrogens is 3. The second-order valence-corrected chi connectivity index (χ2v) is 9.76. The summed E-state index contributed by atoms with van der Waals surface area (Å²) >= 11 is 3.57. The number of pyridine rings is 1. The normalized spacial score (nSPS) is 20.0. The van der Waals surface area contributed by atoms with Crippen molar-refractivity contribution in [1.82, 2.24) is 24.6 Å². The van der Waals surface area contributed by atoms with Crippen LogP contribution < -0.4 is 11.1 Å². The minimum Gasteiger partial charge on any atom is -0.477 e. The lowest BCUT2D eigenvalue weighted by Gasteiger charge is -2.49. The number of thioether (sulfide) groups is 2. The first kappa shape index (κ1) is 24.7. The molecule has 0 aliphatic carbocycles. The van der Waals surface area contributed by atoms with Crippen molar-refractivity contribution in [1.29, 1.82) is 0 Å². The van der Waals surface area contributed by atoms with Crippen molar-refractivity contribution in [3.05, 3.63) is 53.0 Å². The monoisotopic (exact) mass is 533 g/mol. The van der Waals surface area contributed by atoms with Crippen LogP contribution in [0.15, 0.2) is 57.3 Å². The maximum atomic E-state index is 12.9. The summed E-state index contributed by atoms with van der Waals surface area (Å²) in [6.45, 7) is 1.89. The number of rotatable bonds is 9. The van der Waals surface area contributed by atoms with Crippen molar-refractivity contribution >= 4 is 63.7 Å². The van der Waals surface area contributed by atoms with Crippen LogP contribution in [0.2, 0.25) is 0 Å². The molecule has 4 heterocycles. The number of nitrogens with one attached hydrogen (secondary N) is 1. The number of β-lactam (4-membered cyclic amide) rings is 1. The van der Waals surface area contributed by atoms with E-state index in [0.29, 0.717) is 11.3 Å². The highest BCUT2D eigenvalue weighted by Crippen LogP contribution is 2.41. The van der Waals surface area contributed by atoms with Gasteiger partial charge in [0.2, 0.25) is 11.5 Å². The van der Waals surface area contributed by atoms with Crippen LogP contribution in [0.3, 0.4) is 0 Å². The number of allylic oxidation sites excluding steroid dienone is 1. The summed E-state index contributed by atoms with van der Waals surface area (Å²) in [5, 5.41) is 18.2. The second kappa shape index (κ2) is 10.9. The second-order valence-electron chi connectivity index (χ2n) is 6.94. The van der Waals surface area contributed by atoms with Gasteiger partial charge in [0.1, 0.15) is 28.7 Å². The van der Waals surface area contributed by atoms with Crippen molar-refractivity contribution in [3.8, 4) is 0 Å². The van der Waals surface area contributed by atoms with Crippen molar-refractivity contribution in [2.75, 3.05) is 18.1 Å². The van der Waals surface area contributed by atoms with Crippen molar-refractivity contribution < 1.29 is 24.3 Å². The number of oxime groups is 1. The number of carbonyl (C=O) groups excluding carboxylic acids is 2. The fourth-order valence-corrected chi connectivity index (χ4v) is 5.63. The molecule has 15 heteroatoms. The van der Waals surface area contributed by atoms with Crippen LogP contribution >= 0.6 is 35.1 Å². The SMILES string of the molecule is CCO/N=C(\C(=O)NC1C(=O)N2C(C(=O)O)=C(/C=C/Sc3ccccn3)CS[C@H]12)c1nsc(N)n1. The van der Waals surface area contributed by atoms with Crippen LogP contribution in [-0.4, -0.2) is 71.6 Å². The fourth-order valence-electron chi connectivity index (χ4n) is 3.23. The molecule has 2 aliphatic heterocycles. The number of fused-ring (bicyclic) bond motifs is 1. The van der Waals surface area contributed by atoms with Crippen molar-refractivity contribution in [2.45, 2.75) is 23.4 Å². The molecule has 2 aliphatic rings. The van der Waals surface area contributed by atoms with Gasteiger partial charge in [0.15, 0.2) is 5.13 Å². The average molecular weight is 534 g/mol. The van der Waals surface area contributed by atoms with Crippen molar-refractivity contribution in [2.24, 2.45) is 5.16 Å². The molecule has 12 nitrogen and oxygen atoms in total. The Labute approximate surface area is 211 Å². The third kappa shape index (κ3) is 5.31. The molecule has 1 unspecified atom stereocenters. The molecule has 2 atom stereocenters. The molecule has 35 heavy (non-hydrogen) atoms. The van der Waals surface area contributed by atoms with Gasteiger partial charge in [-0.1, -0.05) is 23.0 Å². The van der Waals surface area contributed by atoms with Crippen LogP contribution in [0.5, 0.6) is 0 Å². The lowest BCUT2D eigenvalue weighted by atomic mass is 10.0. The van der Waals surface area contributed by atoms with Crippen molar-refractivity contribution in [3.63, 3.8) is 0 Å². The first-order valence-corrected chi connectivity index (χ1v) is 12.9. The van der Waals surface area contributed by atoms with E-state index >= 15 is 0 Å². The summed E-state index contributed by atoms with van der Waals surface area (Å²) in [4.78, 5) is 52.1. The number of nitrogens with two attached hydrogens (primary N) is 1. The first-order valence-electron chi connectivity index (χ1n) is 10.2. The van der Waals surface area contributed by atoms with E-state index in [0.717, 1.165) is 16.6 Å². The molecule has 2 aromatic heterocycles. The lowest BCUT2D eigenvalue weighted by Crippen LogP contribution is -2.71. The Morgan fingerprint density at radius 3 is 2.94 bits per heavy atom. The molecule has 4 N–H and O–H groups in total. The summed E-state index contributed by atoms with van der Waals surface area (Å²) in [6.07, 6.45) is 3.33. The maximum Gasteiger partial charge on any atom is 0.352 e. The van der Waals surface area contributed by atoms with Gasteiger partial charge in [-0.05, 0) is 36.1 Å². The zero-order valence-electron chi connectivity index (χ0n) is 18.2. The van der Waals surface area contributed by atoms with E-state index in [9.17, 15) is 19.5 Å².